The smallest absolute Gasteiger partial charge is 0.0466 e. The van der Waals surface area contributed by atoms with E-state index in [1.807, 2.05) is 0 Å². The molecule has 0 spiro atoms. The van der Waals surface area contributed by atoms with E-state index in [0.29, 0.717) is 0 Å². The van der Waals surface area contributed by atoms with E-state index >= 15 is 0 Å². The molecular weight excluding hydrogens is 416 g/mol. The highest BCUT2D eigenvalue weighted by molar-refractivity contribution is 4.50. The molecule has 0 atom stereocenters. The van der Waals surface area contributed by atoms with Gasteiger partial charge in [0.2, 0.25) is 0 Å². The zero-order chi connectivity index (χ0) is 24.6. The maximum absolute atomic E-state index is 5.79. The quantitative estimate of drug-likeness (QED) is 0.0914. The van der Waals surface area contributed by atoms with Gasteiger partial charge in [0.15, 0.2) is 0 Å². The molecule has 0 aromatic carbocycles. The fourth-order valence-electron chi connectivity index (χ4n) is 4.70. The Labute approximate surface area is 216 Å². The first kappa shape index (κ1) is 33.9. The molecule has 0 N–H and O–H groups in total. The van der Waals surface area contributed by atoms with Crippen LogP contribution in [-0.4, -0.2) is 26.4 Å². The predicted molar refractivity (Wildman–Crippen MR) is 153 cm³/mol. The van der Waals surface area contributed by atoms with Crippen LogP contribution in [0.1, 0.15) is 181 Å². The van der Waals surface area contributed by atoms with E-state index in [4.69, 9.17) is 9.47 Å². The van der Waals surface area contributed by atoms with E-state index in [0.717, 1.165) is 39.3 Å². The Kier molecular flexibility index (Phi) is 32.8. The molecular formula is C32H66O2. The van der Waals surface area contributed by atoms with Crippen LogP contribution >= 0.6 is 0 Å². The van der Waals surface area contributed by atoms with Crippen molar-refractivity contribution in [3.05, 3.63) is 0 Å². The number of unbranched alkanes of at least 4 members (excludes halogenated alkanes) is 23. The molecule has 0 saturated carbocycles. The Bertz CT molecular complexity index is 299. The molecule has 0 amide bonds. The Morgan fingerprint density at radius 1 is 0.235 bits per heavy atom. The summed E-state index contributed by atoms with van der Waals surface area (Å²) < 4.78 is 11.6. The Morgan fingerprint density at radius 3 is 0.647 bits per heavy atom. The molecule has 0 heterocycles. The van der Waals surface area contributed by atoms with Gasteiger partial charge in [-0.3, -0.25) is 0 Å². The van der Waals surface area contributed by atoms with Crippen LogP contribution in [0, 0.1) is 0 Å². The monoisotopic (exact) mass is 483 g/mol. The lowest BCUT2D eigenvalue weighted by Crippen LogP contribution is -2.01. The molecule has 34 heavy (non-hydrogen) atoms. The molecule has 0 radical (unpaired) electrons. The maximum Gasteiger partial charge on any atom is 0.0466 e. The minimum Gasteiger partial charge on any atom is -0.381 e. The summed E-state index contributed by atoms with van der Waals surface area (Å²) in [5.41, 5.74) is 0. The highest BCUT2D eigenvalue weighted by Crippen LogP contribution is 2.13. The van der Waals surface area contributed by atoms with E-state index in [-0.39, 0.29) is 0 Å². The molecule has 0 bridgehead atoms. The van der Waals surface area contributed by atoms with Gasteiger partial charge in [-0.05, 0) is 25.7 Å². The third-order valence-electron chi connectivity index (χ3n) is 7.11. The Balaban J connectivity index is 2.99. The summed E-state index contributed by atoms with van der Waals surface area (Å²) >= 11 is 0. The molecule has 0 saturated heterocycles. The van der Waals surface area contributed by atoms with Crippen LogP contribution in [0.5, 0.6) is 0 Å². The fourth-order valence-corrected chi connectivity index (χ4v) is 4.70. The van der Waals surface area contributed by atoms with E-state index in [2.05, 4.69) is 13.8 Å². The highest BCUT2D eigenvalue weighted by atomic mass is 16.5. The first-order chi connectivity index (χ1) is 16.9. The average Bonchev–Trinajstić information content (AvgIpc) is 2.85. The van der Waals surface area contributed by atoms with Crippen LogP contribution in [0.3, 0.4) is 0 Å². The van der Waals surface area contributed by atoms with E-state index < -0.39 is 0 Å². The van der Waals surface area contributed by atoms with E-state index in [1.54, 1.807) is 0 Å². The lowest BCUT2D eigenvalue weighted by molar-refractivity contribution is 0.0991. The van der Waals surface area contributed by atoms with Gasteiger partial charge in [0.25, 0.3) is 0 Å². The molecule has 0 aromatic rings. The molecule has 0 aliphatic carbocycles. The summed E-state index contributed by atoms with van der Waals surface area (Å²) in [5.74, 6) is 0. The SMILES string of the molecule is CCCCCCCCCCCCCCOCCCCOCCCCCCCCCCCCCC. The number of ether oxygens (including phenoxy) is 2. The minimum atomic E-state index is 0.917. The van der Waals surface area contributed by atoms with Crippen molar-refractivity contribution in [3.63, 3.8) is 0 Å². The number of hydrogen-bond acceptors (Lipinski definition) is 2. The van der Waals surface area contributed by atoms with Crippen molar-refractivity contribution in [2.75, 3.05) is 26.4 Å². The molecule has 0 aliphatic rings. The van der Waals surface area contributed by atoms with Crippen molar-refractivity contribution < 1.29 is 9.47 Å². The van der Waals surface area contributed by atoms with Gasteiger partial charge in [0, 0.05) is 26.4 Å². The summed E-state index contributed by atoms with van der Waals surface area (Å²) in [6.45, 7) is 8.33. The van der Waals surface area contributed by atoms with Crippen molar-refractivity contribution in [1.82, 2.24) is 0 Å². The summed E-state index contributed by atoms with van der Waals surface area (Å²) in [5, 5.41) is 0. The largest absolute Gasteiger partial charge is 0.381 e. The third-order valence-corrected chi connectivity index (χ3v) is 7.11. The summed E-state index contributed by atoms with van der Waals surface area (Å²) in [6.07, 6.45) is 36.1. The Hall–Kier alpha value is -0.0800. The predicted octanol–water partition coefficient (Wildman–Crippen LogP) is 11.2. The highest BCUT2D eigenvalue weighted by Gasteiger charge is 1.96. The van der Waals surface area contributed by atoms with Crippen LogP contribution < -0.4 is 0 Å². The lowest BCUT2D eigenvalue weighted by Gasteiger charge is -2.06. The first-order valence-electron chi connectivity index (χ1n) is 16.1. The fraction of sp³-hybridized carbons (Fsp3) is 1.00. The van der Waals surface area contributed by atoms with Crippen molar-refractivity contribution in [2.45, 2.75) is 181 Å². The van der Waals surface area contributed by atoms with Crippen LogP contribution in [0.15, 0.2) is 0 Å². The molecule has 206 valence electrons. The van der Waals surface area contributed by atoms with Crippen molar-refractivity contribution >= 4 is 0 Å². The molecule has 0 rings (SSSR count). The van der Waals surface area contributed by atoms with Gasteiger partial charge < -0.3 is 9.47 Å². The van der Waals surface area contributed by atoms with Gasteiger partial charge in [0.05, 0.1) is 0 Å². The summed E-state index contributed by atoms with van der Waals surface area (Å²) in [4.78, 5) is 0. The van der Waals surface area contributed by atoms with Gasteiger partial charge in [-0.15, -0.1) is 0 Å². The van der Waals surface area contributed by atoms with Crippen molar-refractivity contribution in [1.29, 1.82) is 0 Å². The minimum absolute atomic E-state index is 0.917. The van der Waals surface area contributed by atoms with Gasteiger partial charge in [-0.25, -0.2) is 0 Å². The van der Waals surface area contributed by atoms with Crippen LogP contribution in [0.25, 0.3) is 0 Å². The second-order valence-corrected chi connectivity index (χ2v) is 10.7. The van der Waals surface area contributed by atoms with Crippen LogP contribution in [0.2, 0.25) is 0 Å². The standard InChI is InChI=1S/C32H66O2/c1-3-5-7-9-11-13-15-17-19-21-23-25-29-33-31-27-28-32-34-30-26-24-22-20-18-16-14-12-10-8-6-4-2/h3-32H2,1-2H3. The average molecular weight is 483 g/mol. The van der Waals surface area contributed by atoms with Gasteiger partial charge in [-0.2, -0.15) is 0 Å². The normalized spacial score (nSPS) is 11.5. The number of rotatable bonds is 31. The van der Waals surface area contributed by atoms with Gasteiger partial charge >= 0.3 is 0 Å². The second-order valence-electron chi connectivity index (χ2n) is 10.7. The second kappa shape index (κ2) is 32.9. The van der Waals surface area contributed by atoms with E-state index in [9.17, 15) is 0 Å². The summed E-state index contributed by atoms with van der Waals surface area (Å²) in [7, 11) is 0. The van der Waals surface area contributed by atoms with Crippen LogP contribution in [-0.2, 0) is 9.47 Å². The number of hydrogen-bond donors (Lipinski definition) is 0. The van der Waals surface area contributed by atoms with Crippen molar-refractivity contribution in [2.24, 2.45) is 0 Å². The molecule has 0 unspecified atom stereocenters. The van der Waals surface area contributed by atoms with Crippen LogP contribution in [0.4, 0.5) is 0 Å². The molecule has 0 aliphatic heterocycles. The Morgan fingerprint density at radius 2 is 0.412 bits per heavy atom. The zero-order valence-corrected chi connectivity index (χ0v) is 24.0. The molecule has 0 aromatic heterocycles. The van der Waals surface area contributed by atoms with E-state index in [1.165, 1.54) is 154 Å². The maximum atomic E-state index is 5.79. The topological polar surface area (TPSA) is 18.5 Å². The molecule has 2 nitrogen and oxygen atoms in total. The van der Waals surface area contributed by atoms with Gasteiger partial charge in [-0.1, -0.05) is 155 Å². The molecule has 2 heteroatoms. The summed E-state index contributed by atoms with van der Waals surface area (Å²) in [6, 6.07) is 0. The van der Waals surface area contributed by atoms with Crippen molar-refractivity contribution in [3.8, 4) is 0 Å². The first-order valence-corrected chi connectivity index (χ1v) is 16.1. The molecule has 0 fully saturated rings. The lowest BCUT2D eigenvalue weighted by atomic mass is 10.1. The third kappa shape index (κ3) is 31.9. The van der Waals surface area contributed by atoms with Gasteiger partial charge in [0.1, 0.15) is 0 Å². The zero-order valence-electron chi connectivity index (χ0n) is 24.0.